The van der Waals surface area contributed by atoms with Gasteiger partial charge < -0.3 is 9.47 Å². The molecule has 2 fully saturated rings. The predicted molar refractivity (Wildman–Crippen MR) is 137 cm³/mol. The lowest BCUT2D eigenvalue weighted by atomic mass is 9.74. The summed E-state index contributed by atoms with van der Waals surface area (Å²) in [6.45, 7) is 3.78. The molecule has 1 aliphatic carbocycles. The third-order valence-electron chi connectivity index (χ3n) is 7.89. The molecule has 0 spiro atoms. The second kappa shape index (κ2) is 9.08. The lowest BCUT2D eigenvalue weighted by Gasteiger charge is -2.46. The molecule has 0 radical (unpaired) electrons. The Labute approximate surface area is 207 Å². The molecule has 35 heavy (non-hydrogen) atoms. The van der Waals surface area contributed by atoms with E-state index in [9.17, 15) is 8.42 Å². The highest BCUT2D eigenvalue weighted by Gasteiger charge is 2.37. The normalized spacial score (nSPS) is 22.9. The zero-order valence-corrected chi connectivity index (χ0v) is 21.0. The Morgan fingerprint density at radius 3 is 2.57 bits per heavy atom. The predicted octanol–water partition coefficient (Wildman–Crippen LogP) is 2.93. The number of hydrogen-bond donors (Lipinski definition) is 1. The summed E-state index contributed by atoms with van der Waals surface area (Å²) in [6.07, 6.45) is 7.77. The van der Waals surface area contributed by atoms with Gasteiger partial charge in [-0.05, 0) is 67.6 Å². The first-order valence-electron chi connectivity index (χ1n) is 12.6. The Morgan fingerprint density at radius 2 is 1.89 bits per heavy atom. The first-order chi connectivity index (χ1) is 17.0. The number of sulfonamides is 1. The van der Waals surface area contributed by atoms with Gasteiger partial charge in [0.15, 0.2) is 5.03 Å². The van der Waals surface area contributed by atoms with Crippen LogP contribution in [0.15, 0.2) is 66.1 Å². The van der Waals surface area contributed by atoms with E-state index < -0.39 is 10.0 Å². The van der Waals surface area contributed by atoms with Gasteiger partial charge in [-0.15, -0.1) is 0 Å². The first kappa shape index (κ1) is 22.8. The highest BCUT2D eigenvalue weighted by atomic mass is 32.2. The highest BCUT2D eigenvalue weighted by Crippen LogP contribution is 2.40. The molecule has 0 amide bonds. The molecule has 6 rings (SSSR count). The number of benzene rings is 2. The lowest BCUT2D eigenvalue weighted by molar-refractivity contribution is 0.0877. The third kappa shape index (κ3) is 4.50. The molecule has 1 N–H and O–H groups in total. The average Bonchev–Trinajstić information content (AvgIpc) is 3.24. The summed E-state index contributed by atoms with van der Waals surface area (Å²) < 4.78 is 29.7. The van der Waals surface area contributed by atoms with Crippen LogP contribution in [0.2, 0.25) is 0 Å². The summed E-state index contributed by atoms with van der Waals surface area (Å²) in [5, 5.41) is 0.0769. The van der Waals surface area contributed by atoms with Crippen molar-refractivity contribution in [3.8, 4) is 0 Å². The molecule has 2 atom stereocenters. The van der Waals surface area contributed by atoms with E-state index in [1.54, 1.807) is 11.6 Å². The summed E-state index contributed by atoms with van der Waals surface area (Å²) in [7, 11) is -1.82. The van der Waals surface area contributed by atoms with Crippen molar-refractivity contribution in [3.05, 3.63) is 77.7 Å². The molecule has 2 saturated heterocycles. The largest absolute Gasteiger partial charge is 0.368 e. The molecule has 0 saturated carbocycles. The van der Waals surface area contributed by atoms with E-state index in [4.69, 9.17) is 0 Å². The Bertz CT molecular complexity index is 1300. The Morgan fingerprint density at radius 1 is 1.09 bits per heavy atom. The van der Waals surface area contributed by atoms with Crippen LogP contribution in [0.1, 0.15) is 35.4 Å². The van der Waals surface area contributed by atoms with Gasteiger partial charge in [0.1, 0.15) is 0 Å². The van der Waals surface area contributed by atoms with Crippen LogP contribution in [0.3, 0.4) is 0 Å². The van der Waals surface area contributed by atoms with Gasteiger partial charge >= 0.3 is 0 Å². The van der Waals surface area contributed by atoms with Crippen molar-refractivity contribution in [1.82, 2.24) is 19.2 Å². The van der Waals surface area contributed by atoms with E-state index >= 15 is 0 Å². The van der Waals surface area contributed by atoms with E-state index in [0.717, 1.165) is 12.8 Å². The molecule has 3 aliphatic rings. The molecule has 8 heteroatoms. The minimum atomic E-state index is -3.59. The second-order valence-corrected chi connectivity index (χ2v) is 11.9. The molecule has 2 aliphatic heterocycles. The fraction of sp³-hybridized carbons (Fsp3) is 0.444. The van der Waals surface area contributed by atoms with Crippen molar-refractivity contribution >= 4 is 15.7 Å². The van der Waals surface area contributed by atoms with Gasteiger partial charge in [-0.25, -0.2) is 18.1 Å². The Balaban J connectivity index is 1.19. The van der Waals surface area contributed by atoms with Crippen molar-refractivity contribution < 1.29 is 8.42 Å². The number of anilines is 1. The molecule has 7 nitrogen and oxygen atoms in total. The van der Waals surface area contributed by atoms with Crippen molar-refractivity contribution in [3.63, 3.8) is 0 Å². The smallest absolute Gasteiger partial charge is 0.259 e. The maximum Gasteiger partial charge on any atom is 0.259 e. The summed E-state index contributed by atoms with van der Waals surface area (Å²) >= 11 is 0. The van der Waals surface area contributed by atoms with Gasteiger partial charge in [-0.2, -0.15) is 0 Å². The van der Waals surface area contributed by atoms with Gasteiger partial charge in [0, 0.05) is 44.0 Å². The van der Waals surface area contributed by atoms with Crippen LogP contribution in [0.4, 0.5) is 5.69 Å². The van der Waals surface area contributed by atoms with Crippen LogP contribution in [-0.2, 0) is 29.9 Å². The summed E-state index contributed by atoms with van der Waals surface area (Å²) in [5.74, 6) is 0.487. The topological polar surface area (TPSA) is 70.5 Å². The van der Waals surface area contributed by atoms with Crippen molar-refractivity contribution in [1.29, 1.82) is 0 Å². The number of fused-ring (bicyclic) bond motifs is 1. The Hall–Kier alpha value is -2.68. The third-order valence-corrected chi connectivity index (χ3v) is 9.29. The molecule has 2 aromatic carbocycles. The van der Waals surface area contributed by atoms with Gasteiger partial charge in [-0.1, -0.05) is 36.4 Å². The van der Waals surface area contributed by atoms with Crippen LogP contribution in [0.5, 0.6) is 0 Å². The number of nitrogens with zero attached hydrogens (tertiary/aromatic N) is 4. The van der Waals surface area contributed by atoms with E-state index in [2.05, 4.69) is 68.0 Å². The molecule has 1 aromatic heterocycles. The number of aromatic nitrogens is 2. The monoisotopic (exact) mass is 491 g/mol. The molecular weight excluding hydrogens is 458 g/mol. The van der Waals surface area contributed by atoms with Crippen LogP contribution >= 0.6 is 0 Å². The van der Waals surface area contributed by atoms with Crippen molar-refractivity contribution in [2.75, 3.05) is 31.1 Å². The van der Waals surface area contributed by atoms with E-state index in [-0.39, 0.29) is 11.1 Å². The standard InChI is InChI=1S/C27H33N5O2S/c1-30-18-27(28-19-30)35(33,34)29-22-16-32(17-22)23-10-8-21-9-11-26(31-12-5-13-31)25(24(21)15-23)14-20-6-3-2-4-7-20/h2-4,6-8,10,15,18-19,22,25-26,29H,5,9,11-14,16-17H2,1H3/t25-,26?/m1/s1. The minimum Gasteiger partial charge on any atom is -0.368 e. The van der Waals surface area contributed by atoms with E-state index in [1.807, 2.05) is 0 Å². The summed E-state index contributed by atoms with van der Waals surface area (Å²) in [4.78, 5) is 8.95. The molecular formula is C27H33N5O2S. The number of likely N-dealkylation sites (tertiary alicyclic amines) is 1. The molecule has 184 valence electrons. The van der Waals surface area contributed by atoms with Crippen molar-refractivity contribution in [2.45, 2.75) is 48.7 Å². The number of aryl methyl sites for hydroxylation is 2. The van der Waals surface area contributed by atoms with Crippen LogP contribution in [-0.4, -0.2) is 61.1 Å². The minimum absolute atomic E-state index is 0.0769. The van der Waals surface area contributed by atoms with E-state index in [1.165, 1.54) is 60.8 Å². The quantitative estimate of drug-likeness (QED) is 0.550. The number of nitrogens with one attached hydrogen (secondary N) is 1. The number of rotatable bonds is 7. The first-order valence-corrected chi connectivity index (χ1v) is 14.1. The summed E-state index contributed by atoms with van der Waals surface area (Å²) in [6, 6.07) is 18.3. The van der Waals surface area contributed by atoms with Gasteiger partial charge in [-0.3, -0.25) is 4.90 Å². The number of imidazole rings is 1. The fourth-order valence-corrected chi connectivity index (χ4v) is 7.06. The van der Waals surface area contributed by atoms with E-state index in [0.29, 0.717) is 25.0 Å². The van der Waals surface area contributed by atoms with Crippen LogP contribution < -0.4 is 9.62 Å². The number of hydrogen-bond acceptors (Lipinski definition) is 5. The van der Waals surface area contributed by atoms with Crippen molar-refractivity contribution in [2.24, 2.45) is 7.05 Å². The van der Waals surface area contributed by atoms with Crippen LogP contribution in [0, 0.1) is 0 Å². The van der Waals surface area contributed by atoms with Gasteiger partial charge in [0.25, 0.3) is 10.0 Å². The summed E-state index contributed by atoms with van der Waals surface area (Å²) in [5.41, 5.74) is 5.54. The maximum absolute atomic E-state index is 12.6. The lowest BCUT2D eigenvalue weighted by Crippen LogP contribution is -2.59. The SMILES string of the molecule is Cn1cnc(S(=O)(=O)NC2CN(c3ccc4c(c3)[C@@H](Cc3ccccc3)C(N3CCC3)CC4)C2)c1. The fourth-order valence-electron chi connectivity index (χ4n) is 5.86. The maximum atomic E-state index is 12.6. The molecule has 1 unspecified atom stereocenters. The zero-order chi connectivity index (χ0) is 24.0. The van der Waals surface area contributed by atoms with Gasteiger partial charge in [0.05, 0.1) is 12.4 Å². The second-order valence-electron chi connectivity index (χ2n) is 10.3. The zero-order valence-electron chi connectivity index (χ0n) is 20.2. The highest BCUT2D eigenvalue weighted by molar-refractivity contribution is 7.89. The molecule has 3 heterocycles. The Kier molecular flexibility index (Phi) is 5.90. The molecule has 3 aromatic rings. The molecule has 0 bridgehead atoms. The van der Waals surface area contributed by atoms with Gasteiger partial charge in [0.2, 0.25) is 0 Å². The average molecular weight is 492 g/mol. The van der Waals surface area contributed by atoms with Crippen LogP contribution in [0.25, 0.3) is 0 Å².